The van der Waals surface area contributed by atoms with Gasteiger partial charge in [0.05, 0.1) is 5.41 Å². The fourth-order valence-electron chi connectivity index (χ4n) is 4.10. The second kappa shape index (κ2) is 4.03. The normalized spacial score (nSPS) is 36.2. The van der Waals surface area contributed by atoms with E-state index in [1.165, 1.54) is 25.9 Å². The molecule has 1 aliphatic carbocycles. The molecule has 1 saturated carbocycles. The molecule has 3 aliphatic rings. The highest BCUT2D eigenvalue weighted by atomic mass is 16.5. The second-order valence-corrected chi connectivity index (χ2v) is 6.39. The van der Waals surface area contributed by atoms with Gasteiger partial charge in [-0.05, 0) is 51.6 Å². The van der Waals surface area contributed by atoms with Crippen LogP contribution in [0.1, 0.15) is 50.2 Å². The summed E-state index contributed by atoms with van der Waals surface area (Å²) in [6.07, 6.45) is 6.74. The molecule has 0 N–H and O–H groups in total. The van der Waals surface area contributed by atoms with Crippen LogP contribution in [0.15, 0.2) is 4.52 Å². The monoisotopic (exact) mass is 263 g/mol. The van der Waals surface area contributed by atoms with E-state index in [1.54, 1.807) is 7.11 Å². The van der Waals surface area contributed by atoms with E-state index in [2.05, 4.69) is 10.1 Å². The van der Waals surface area contributed by atoms with E-state index in [4.69, 9.17) is 14.2 Å². The fourth-order valence-corrected chi connectivity index (χ4v) is 4.10. The molecule has 4 rings (SSSR count). The maximum atomic E-state index is 5.74. The lowest BCUT2D eigenvalue weighted by Gasteiger charge is -2.23. The molecule has 1 aromatic rings. The van der Waals surface area contributed by atoms with Gasteiger partial charge < -0.3 is 14.2 Å². The molecule has 2 aliphatic heterocycles. The topological polar surface area (TPSA) is 51.4 Å². The van der Waals surface area contributed by atoms with E-state index in [9.17, 15) is 0 Å². The summed E-state index contributed by atoms with van der Waals surface area (Å²) in [5.41, 5.74) is -0.145. The lowest BCUT2D eigenvalue weighted by atomic mass is 9.84. The summed E-state index contributed by atoms with van der Waals surface area (Å²) in [5.74, 6) is 1.63. The zero-order chi connectivity index (χ0) is 12.9. The number of ether oxygens (including phenoxy) is 1. The zero-order valence-electron chi connectivity index (χ0n) is 11.5. The van der Waals surface area contributed by atoms with Gasteiger partial charge in [0.1, 0.15) is 5.60 Å². The number of hydrogen-bond acceptors (Lipinski definition) is 5. The van der Waals surface area contributed by atoms with Crippen molar-refractivity contribution >= 4 is 0 Å². The molecule has 0 spiro atoms. The maximum absolute atomic E-state index is 5.74. The number of rotatable bonds is 3. The molecule has 0 radical (unpaired) electrons. The highest BCUT2D eigenvalue weighted by Crippen LogP contribution is 2.45. The largest absolute Gasteiger partial charge is 0.370 e. The van der Waals surface area contributed by atoms with E-state index in [-0.39, 0.29) is 11.0 Å². The maximum Gasteiger partial charge on any atom is 0.234 e. The summed E-state index contributed by atoms with van der Waals surface area (Å²) in [5, 5.41) is 4.27. The Bertz CT molecular complexity index is 448. The number of piperidine rings is 1. The third-order valence-corrected chi connectivity index (χ3v) is 5.43. The van der Waals surface area contributed by atoms with E-state index < -0.39 is 0 Å². The summed E-state index contributed by atoms with van der Waals surface area (Å²) in [7, 11) is 1.77. The fraction of sp³-hybridized carbons (Fsp3) is 0.857. The van der Waals surface area contributed by atoms with E-state index in [0.29, 0.717) is 0 Å². The molecule has 1 aromatic heterocycles. The van der Waals surface area contributed by atoms with Crippen LogP contribution < -0.4 is 0 Å². The van der Waals surface area contributed by atoms with Crippen molar-refractivity contribution in [3.63, 3.8) is 0 Å². The first-order valence-electron chi connectivity index (χ1n) is 7.39. The third-order valence-electron chi connectivity index (χ3n) is 5.43. The third kappa shape index (κ3) is 1.61. The minimum absolute atomic E-state index is 0.138. The Kier molecular flexibility index (Phi) is 2.51. The number of nitrogens with zero attached hydrogens (tertiary/aromatic N) is 3. The summed E-state index contributed by atoms with van der Waals surface area (Å²) in [4.78, 5) is 7.25. The standard InChI is InChI=1S/C14H21N3O2/c1-18-14(4-2-3-5-14)11-15-12(19-16-11)13-6-8-17(10-13)9-7-13/h2-10H2,1H3. The van der Waals surface area contributed by atoms with Crippen molar-refractivity contribution in [2.45, 2.75) is 49.5 Å². The molecule has 104 valence electrons. The van der Waals surface area contributed by atoms with E-state index in [0.717, 1.165) is 43.9 Å². The molecular weight excluding hydrogens is 242 g/mol. The SMILES string of the molecule is COC1(c2noc(C34CCN(CC3)C4)n2)CCCC1. The van der Waals surface area contributed by atoms with Gasteiger partial charge in [-0.25, -0.2) is 0 Å². The highest BCUT2D eigenvalue weighted by molar-refractivity contribution is 5.16. The Balaban J connectivity index is 1.66. The van der Waals surface area contributed by atoms with Crippen molar-refractivity contribution < 1.29 is 9.26 Å². The van der Waals surface area contributed by atoms with Crippen molar-refractivity contribution in [2.75, 3.05) is 26.7 Å². The van der Waals surface area contributed by atoms with Crippen LogP contribution in [0.2, 0.25) is 0 Å². The van der Waals surface area contributed by atoms with E-state index >= 15 is 0 Å². The Labute approximate surface area is 113 Å². The first-order chi connectivity index (χ1) is 9.26. The number of aromatic nitrogens is 2. The molecule has 2 bridgehead atoms. The van der Waals surface area contributed by atoms with Gasteiger partial charge in [0.25, 0.3) is 0 Å². The molecule has 19 heavy (non-hydrogen) atoms. The molecule has 2 saturated heterocycles. The van der Waals surface area contributed by atoms with Crippen LogP contribution in [0.5, 0.6) is 0 Å². The van der Waals surface area contributed by atoms with Gasteiger partial charge in [-0.2, -0.15) is 4.98 Å². The molecule has 0 atom stereocenters. The van der Waals surface area contributed by atoms with Crippen LogP contribution in [-0.4, -0.2) is 41.8 Å². The molecule has 5 heteroatoms. The van der Waals surface area contributed by atoms with Gasteiger partial charge in [-0.1, -0.05) is 5.16 Å². The van der Waals surface area contributed by atoms with Crippen molar-refractivity contribution in [2.24, 2.45) is 0 Å². The minimum atomic E-state index is -0.282. The molecule has 0 amide bonds. The van der Waals surface area contributed by atoms with Gasteiger partial charge in [0.2, 0.25) is 11.7 Å². The zero-order valence-corrected chi connectivity index (χ0v) is 11.5. The smallest absolute Gasteiger partial charge is 0.234 e. The quantitative estimate of drug-likeness (QED) is 0.832. The minimum Gasteiger partial charge on any atom is -0.370 e. The van der Waals surface area contributed by atoms with Gasteiger partial charge >= 0.3 is 0 Å². The van der Waals surface area contributed by atoms with Crippen molar-refractivity contribution in [3.05, 3.63) is 11.7 Å². The van der Waals surface area contributed by atoms with Crippen molar-refractivity contribution in [3.8, 4) is 0 Å². The number of hydrogen-bond donors (Lipinski definition) is 0. The Morgan fingerprint density at radius 2 is 1.89 bits per heavy atom. The average Bonchev–Trinajstić information content (AvgIpc) is 3.20. The first-order valence-corrected chi connectivity index (χ1v) is 7.39. The predicted molar refractivity (Wildman–Crippen MR) is 68.8 cm³/mol. The molecule has 0 aromatic carbocycles. The Morgan fingerprint density at radius 1 is 1.16 bits per heavy atom. The van der Waals surface area contributed by atoms with Gasteiger partial charge in [-0.3, -0.25) is 0 Å². The van der Waals surface area contributed by atoms with Crippen LogP contribution in [0, 0.1) is 0 Å². The lowest BCUT2D eigenvalue weighted by Crippen LogP contribution is -2.28. The number of fused-ring (bicyclic) bond motifs is 2. The van der Waals surface area contributed by atoms with Crippen molar-refractivity contribution in [1.82, 2.24) is 15.0 Å². The van der Waals surface area contributed by atoms with Gasteiger partial charge in [0.15, 0.2) is 0 Å². The van der Waals surface area contributed by atoms with Crippen LogP contribution in [0.3, 0.4) is 0 Å². The van der Waals surface area contributed by atoms with Crippen LogP contribution in [-0.2, 0) is 15.8 Å². The summed E-state index contributed by atoms with van der Waals surface area (Å²) in [6, 6.07) is 0. The molecule has 3 heterocycles. The summed E-state index contributed by atoms with van der Waals surface area (Å²) in [6.45, 7) is 3.44. The second-order valence-electron chi connectivity index (χ2n) is 6.39. The predicted octanol–water partition coefficient (Wildman–Crippen LogP) is 1.83. The number of methoxy groups -OCH3 is 1. The Hall–Kier alpha value is -0.940. The highest BCUT2D eigenvalue weighted by Gasteiger charge is 2.50. The average molecular weight is 263 g/mol. The van der Waals surface area contributed by atoms with Crippen LogP contribution in [0.4, 0.5) is 0 Å². The van der Waals surface area contributed by atoms with Crippen LogP contribution >= 0.6 is 0 Å². The molecule has 5 nitrogen and oxygen atoms in total. The first kappa shape index (κ1) is 11.9. The van der Waals surface area contributed by atoms with Crippen molar-refractivity contribution in [1.29, 1.82) is 0 Å². The summed E-state index contributed by atoms with van der Waals surface area (Å²) < 4.78 is 11.4. The van der Waals surface area contributed by atoms with Gasteiger partial charge in [-0.15, -0.1) is 0 Å². The molecule has 0 unspecified atom stereocenters. The van der Waals surface area contributed by atoms with E-state index in [1.807, 2.05) is 0 Å². The Morgan fingerprint density at radius 3 is 2.47 bits per heavy atom. The molecular formula is C14H21N3O2. The summed E-state index contributed by atoms with van der Waals surface area (Å²) >= 11 is 0. The molecule has 3 fully saturated rings. The van der Waals surface area contributed by atoms with Gasteiger partial charge in [0, 0.05) is 13.7 Å². The lowest BCUT2D eigenvalue weighted by molar-refractivity contribution is -0.0178. The van der Waals surface area contributed by atoms with Crippen LogP contribution in [0.25, 0.3) is 0 Å².